The van der Waals surface area contributed by atoms with Gasteiger partial charge in [0.1, 0.15) is 0 Å². The second-order valence-corrected chi connectivity index (χ2v) is 6.07. The molecule has 0 N–H and O–H groups in total. The molecule has 0 atom stereocenters. The van der Waals surface area contributed by atoms with Crippen LogP contribution >= 0.6 is 11.6 Å². The molecule has 0 amide bonds. The van der Waals surface area contributed by atoms with Crippen molar-refractivity contribution in [2.45, 2.75) is 0 Å². The second-order valence-electron chi connectivity index (χ2n) is 5.63. The molecule has 0 spiro atoms. The van der Waals surface area contributed by atoms with Gasteiger partial charge in [-0.3, -0.25) is 0 Å². The van der Waals surface area contributed by atoms with Gasteiger partial charge in [0.15, 0.2) is 0 Å². The summed E-state index contributed by atoms with van der Waals surface area (Å²) in [5.41, 5.74) is 3.60. The normalized spacial score (nSPS) is 11.9. The van der Waals surface area contributed by atoms with E-state index in [-0.39, 0.29) is 0 Å². The molecule has 0 saturated carbocycles. The minimum Gasteiger partial charge on any atom is -0.309 e. The number of hydrogen-bond acceptors (Lipinski definition) is 0. The maximum atomic E-state index is 6.23. The minimum absolute atomic E-state index is 0.768. The molecule has 2 heteroatoms. The first kappa shape index (κ1) is 12.1. The van der Waals surface area contributed by atoms with Gasteiger partial charge in [-0.1, -0.05) is 60.1 Å². The largest absolute Gasteiger partial charge is 0.309 e. The summed E-state index contributed by atoms with van der Waals surface area (Å²) in [6.45, 7) is 0. The minimum atomic E-state index is 0.768. The third-order valence-corrected chi connectivity index (χ3v) is 4.64. The molecule has 22 heavy (non-hydrogen) atoms. The summed E-state index contributed by atoms with van der Waals surface area (Å²) in [5, 5.41) is 5.81. The number of halogens is 1. The average Bonchev–Trinajstić information content (AvgIpc) is 2.94. The smallest absolute Gasteiger partial charge is 0.0550 e. The number of nitrogens with zero attached hydrogens (tertiary/aromatic N) is 1. The number of para-hydroxylation sites is 1. The van der Waals surface area contributed by atoms with Crippen molar-refractivity contribution in [2.75, 3.05) is 0 Å². The van der Waals surface area contributed by atoms with Gasteiger partial charge in [-0.25, -0.2) is 0 Å². The summed E-state index contributed by atoms with van der Waals surface area (Å²) in [4.78, 5) is 0. The summed E-state index contributed by atoms with van der Waals surface area (Å²) in [6.07, 6.45) is 0. The van der Waals surface area contributed by atoms with Crippen LogP contribution in [0.5, 0.6) is 0 Å². The third kappa shape index (κ3) is 1.49. The summed E-state index contributed by atoms with van der Waals surface area (Å²) in [6, 6.07) is 25.5. The predicted octanol–water partition coefficient (Wildman–Crippen LogP) is 6.05. The zero-order valence-electron chi connectivity index (χ0n) is 11.8. The van der Waals surface area contributed by atoms with E-state index in [1.807, 2.05) is 12.1 Å². The summed E-state index contributed by atoms with van der Waals surface area (Å²) in [5.74, 6) is 0. The standard InChI is InChI=1S/C20H12ClN/c21-14-10-9-13-11-20-17-7-2-1-5-15(17)16-6-3-4-8-18(16)22(20)19(13)12-14/h1-12H. The van der Waals surface area contributed by atoms with Crippen molar-refractivity contribution in [3.63, 3.8) is 0 Å². The van der Waals surface area contributed by atoms with Crippen molar-refractivity contribution in [2.24, 2.45) is 0 Å². The molecule has 0 radical (unpaired) electrons. The number of aromatic nitrogens is 1. The van der Waals surface area contributed by atoms with Crippen molar-refractivity contribution in [3.05, 3.63) is 77.8 Å². The topological polar surface area (TPSA) is 4.41 Å². The van der Waals surface area contributed by atoms with Gasteiger partial charge in [0.2, 0.25) is 0 Å². The Morgan fingerprint density at radius 2 is 1.27 bits per heavy atom. The van der Waals surface area contributed by atoms with Crippen LogP contribution in [0.25, 0.3) is 38.1 Å². The van der Waals surface area contributed by atoms with E-state index in [2.05, 4.69) is 65.1 Å². The Hall–Kier alpha value is -2.51. The van der Waals surface area contributed by atoms with E-state index in [0.29, 0.717) is 0 Å². The molecular weight excluding hydrogens is 290 g/mol. The Morgan fingerprint density at radius 1 is 0.591 bits per heavy atom. The van der Waals surface area contributed by atoms with Crippen LogP contribution < -0.4 is 0 Å². The van der Waals surface area contributed by atoms with E-state index >= 15 is 0 Å². The van der Waals surface area contributed by atoms with Crippen molar-refractivity contribution < 1.29 is 0 Å². The molecule has 0 unspecified atom stereocenters. The molecule has 1 nitrogen and oxygen atoms in total. The highest BCUT2D eigenvalue weighted by molar-refractivity contribution is 6.31. The van der Waals surface area contributed by atoms with Gasteiger partial charge < -0.3 is 4.40 Å². The van der Waals surface area contributed by atoms with Crippen LogP contribution in [0.1, 0.15) is 0 Å². The SMILES string of the molecule is Clc1ccc2cc3c4ccccc4c4ccccc4n3c2c1. The van der Waals surface area contributed by atoms with Gasteiger partial charge in [-0.05, 0) is 29.7 Å². The molecule has 104 valence electrons. The lowest BCUT2D eigenvalue weighted by molar-refractivity contribution is 1.35. The van der Waals surface area contributed by atoms with Crippen LogP contribution in [0.4, 0.5) is 0 Å². The van der Waals surface area contributed by atoms with E-state index in [4.69, 9.17) is 11.6 Å². The highest BCUT2D eigenvalue weighted by atomic mass is 35.5. The fourth-order valence-corrected chi connectivity index (χ4v) is 3.64. The number of fused-ring (bicyclic) bond motifs is 8. The molecule has 0 fully saturated rings. The molecule has 0 bridgehead atoms. The Kier molecular flexibility index (Phi) is 2.33. The van der Waals surface area contributed by atoms with Crippen molar-refractivity contribution >= 4 is 49.7 Å². The fourth-order valence-electron chi connectivity index (χ4n) is 3.47. The Balaban J connectivity index is 2.22. The quantitative estimate of drug-likeness (QED) is 0.307. The van der Waals surface area contributed by atoms with E-state index in [1.165, 1.54) is 32.6 Å². The number of hydrogen-bond donors (Lipinski definition) is 0. The van der Waals surface area contributed by atoms with Gasteiger partial charge in [0.05, 0.1) is 16.6 Å². The van der Waals surface area contributed by atoms with Crippen LogP contribution in [-0.2, 0) is 0 Å². The maximum Gasteiger partial charge on any atom is 0.0550 e. The van der Waals surface area contributed by atoms with Crippen LogP contribution in [0.2, 0.25) is 5.02 Å². The molecule has 5 aromatic rings. The van der Waals surface area contributed by atoms with Gasteiger partial charge >= 0.3 is 0 Å². The molecule has 0 aliphatic heterocycles. The number of benzene rings is 3. The van der Waals surface area contributed by atoms with Crippen LogP contribution in [0.15, 0.2) is 72.8 Å². The zero-order valence-corrected chi connectivity index (χ0v) is 12.5. The van der Waals surface area contributed by atoms with Crippen molar-refractivity contribution in [1.29, 1.82) is 0 Å². The molecule has 2 heterocycles. The zero-order chi connectivity index (χ0) is 14.7. The highest BCUT2D eigenvalue weighted by Gasteiger charge is 2.11. The molecular formula is C20H12ClN. The average molecular weight is 302 g/mol. The molecule has 0 aliphatic carbocycles. The van der Waals surface area contributed by atoms with E-state index < -0.39 is 0 Å². The lowest BCUT2D eigenvalue weighted by Crippen LogP contribution is -1.90. The number of rotatable bonds is 0. The predicted molar refractivity (Wildman–Crippen MR) is 94.9 cm³/mol. The monoisotopic (exact) mass is 301 g/mol. The molecule has 0 aliphatic rings. The molecule has 0 saturated heterocycles. The van der Waals surface area contributed by atoms with Crippen LogP contribution in [0, 0.1) is 0 Å². The Labute approximate surface area is 132 Å². The van der Waals surface area contributed by atoms with Crippen molar-refractivity contribution in [1.82, 2.24) is 4.40 Å². The van der Waals surface area contributed by atoms with E-state index in [1.54, 1.807) is 0 Å². The van der Waals surface area contributed by atoms with Crippen LogP contribution in [0.3, 0.4) is 0 Å². The summed E-state index contributed by atoms with van der Waals surface area (Å²) < 4.78 is 2.32. The highest BCUT2D eigenvalue weighted by Crippen LogP contribution is 2.34. The van der Waals surface area contributed by atoms with E-state index in [0.717, 1.165) is 10.5 Å². The van der Waals surface area contributed by atoms with Gasteiger partial charge in [-0.2, -0.15) is 0 Å². The fraction of sp³-hybridized carbons (Fsp3) is 0. The van der Waals surface area contributed by atoms with Gasteiger partial charge in [-0.15, -0.1) is 0 Å². The number of pyridine rings is 1. The lowest BCUT2D eigenvalue weighted by atomic mass is 10.1. The van der Waals surface area contributed by atoms with Gasteiger partial charge in [0, 0.05) is 21.2 Å². The Bertz CT molecular complexity index is 1180. The molecule has 2 aromatic heterocycles. The maximum absolute atomic E-state index is 6.23. The molecule has 3 aromatic carbocycles. The van der Waals surface area contributed by atoms with E-state index in [9.17, 15) is 0 Å². The summed E-state index contributed by atoms with van der Waals surface area (Å²) >= 11 is 6.23. The molecule has 5 rings (SSSR count). The first-order chi connectivity index (χ1) is 10.8. The Morgan fingerprint density at radius 3 is 2.09 bits per heavy atom. The van der Waals surface area contributed by atoms with Gasteiger partial charge in [0.25, 0.3) is 0 Å². The third-order valence-electron chi connectivity index (χ3n) is 4.40. The van der Waals surface area contributed by atoms with Crippen LogP contribution in [-0.4, -0.2) is 4.40 Å². The lowest BCUT2D eigenvalue weighted by Gasteiger charge is -2.09. The first-order valence-corrected chi connectivity index (χ1v) is 7.71. The first-order valence-electron chi connectivity index (χ1n) is 7.33. The van der Waals surface area contributed by atoms with Crippen molar-refractivity contribution in [3.8, 4) is 0 Å². The summed E-state index contributed by atoms with van der Waals surface area (Å²) in [7, 11) is 0. The second kappa shape index (κ2) is 4.25.